The Kier molecular flexibility index (Phi) is 6.34. The van der Waals surface area contributed by atoms with Crippen molar-refractivity contribution < 1.29 is 9.90 Å². The van der Waals surface area contributed by atoms with Gasteiger partial charge in [-0.25, -0.2) is 4.79 Å². The Balaban J connectivity index is 1.68. The van der Waals surface area contributed by atoms with Crippen molar-refractivity contribution in [3.8, 4) is 0 Å². The van der Waals surface area contributed by atoms with Crippen LogP contribution in [0.15, 0.2) is 60.9 Å². The van der Waals surface area contributed by atoms with E-state index in [1.165, 1.54) is 35.1 Å². The molecule has 172 valence electrons. The average Bonchev–Trinajstić information content (AvgIpc) is 3.29. The molecule has 3 aromatic rings. The van der Waals surface area contributed by atoms with Crippen molar-refractivity contribution in [1.82, 2.24) is 4.57 Å². The van der Waals surface area contributed by atoms with Gasteiger partial charge < -0.3 is 9.67 Å². The maximum atomic E-state index is 11.2. The number of carboxylic acid groups (broad SMARTS) is 1. The summed E-state index contributed by atoms with van der Waals surface area (Å²) >= 11 is 0. The zero-order valence-corrected chi connectivity index (χ0v) is 20.3. The average molecular weight is 442 g/mol. The molecule has 1 heterocycles. The van der Waals surface area contributed by atoms with Crippen molar-refractivity contribution in [2.24, 2.45) is 0 Å². The molecule has 0 aliphatic heterocycles. The Labute approximate surface area is 197 Å². The summed E-state index contributed by atoms with van der Waals surface area (Å²) in [7, 11) is 0. The number of rotatable bonds is 7. The van der Waals surface area contributed by atoms with Gasteiger partial charge in [-0.3, -0.25) is 0 Å². The van der Waals surface area contributed by atoms with Gasteiger partial charge in [-0.05, 0) is 88.6 Å². The van der Waals surface area contributed by atoms with Crippen LogP contribution in [0.3, 0.4) is 0 Å². The monoisotopic (exact) mass is 441 g/mol. The smallest absolute Gasteiger partial charge is 0.335 e. The van der Waals surface area contributed by atoms with Gasteiger partial charge in [0.2, 0.25) is 0 Å². The van der Waals surface area contributed by atoms with Crippen LogP contribution in [0.25, 0.3) is 12.2 Å². The first-order chi connectivity index (χ1) is 15.7. The molecule has 0 saturated carbocycles. The third-order valence-electron chi connectivity index (χ3n) is 7.25. The highest BCUT2D eigenvalue weighted by Gasteiger charge is 2.37. The number of aromatic carboxylic acids is 1. The number of fused-ring (bicyclic) bond motifs is 1. The van der Waals surface area contributed by atoms with Crippen molar-refractivity contribution in [3.05, 3.63) is 94.3 Å². The van der Waals surface area contributed by atoms with E-state index in [2.05, 4.69) is 81.1 Å². The zero-order valence-electron chi connectivity index (χ0n) is 20.3. The SMILES string of the molecule is CC1(C)CCC(C)(C)c2cc(CCCn3cccc3)c(/C=C/c3ccc(C(=O)O)cc3)cc21. The van der Waals surface area contributed by atoms with E-state index in [4.69, 9.17) is 5.11 Å². The topological polar surface area (TPSA) is 42.2 Å². The minimum absolute atomic E-state index is 0.167. The van der Waals surface area contributed by atoms with Gasteiger partial charge in [0.25, 0.3) is 0 Å². The summed E-state index contributed by atoms with van der Waals surface area (Å²) in [6.07, 6.45) is 13.1. The lowest BCUT2D eigenvalue weighted by molar-refractivity contribution is 0.0697. The summed E-state index contributed by atoms with van der Waals surface area (Å²) in [5.41, 5.74) is 7.31. The van der Waals surface area contributed by atoms with E-state index in [-0.39, 0.29) is 10.8 Å². The van der Waals surface area contributed by atoms with Crippen LogP contribution >= 0.6 is 0 Å². The van der Waals surface area contributed by atoms with E-state index in [0.29, 0.717) is 5.56 Å². The van der Waals surface area contributed by atoms with Crippen molar-refractivity contribution >= 4 is 18.1 Å². The fraction of sp³-hybridized carbons (Fsp3) is 0.367. The molecule has 0 amide bonds. The number of hydrogen-bond acceptors (Lipinski definition) is 1. The van der Waals surface area contributed by atoms with Crippen molar-refractivity contribution in [1.29, 1.82) is 0 Å². The van der Waals surface area contributed by atoms with Crippen LogP contribution in [0, 0.1) is 0 Å². The fourth-order valence-electron chi connectivity index (χ4n) is 4.94. The summed E-state index contributed by atoms with van der Waals surface area (Å²) in [4.78, 5) is 11.2. The Bertz CT molecular complexity index is 1150. The zero-order chi connectivity index (χ0) is 23.6. The molecule has 1 aliphatic rings. The van der Waals surface area contributed by atoms with Crippen LogP contribution in [0.1, 0.15) is 85.1 Å². The number of nitrogens with zero attached hydrogens (tertiary/aromatic N) is 1. The van der Waals surface area contributed by atoms with E-state index in [1.54, 1.807) is 12.1 Å². The highest BCUT2D eigenvalue weighted by Crippen LogP contribution is 2.46. The molecule has 0 unspecified atom stereocenters. The Morgan fingerprint density at radius 2 is 1.55 bits per heavy atom. The van der Waals surface area contributed by atoms with Crippen LogP contribution in [0.5, 0.6) is 0 Å². The van der Waals surface area contributed by atoms with Gasteiger partial charge in [0.1, 0.15) is 0 Å². The molecule has 0 fully saturated rings. The molecule has 0 spiro atoms. The largest absolute Gasteiger partial charge is 0.478 e. The molecule has 1 N–H and O–H groups in total. The second-order valence-corrected chi connectivity index (χ2v) is 10.6. The summed E-state index contributed by atoms with van der Waals surface area (Å²) in [6, 6.07) is 16.1. The summed E-state index contributed by atoms with van der Waals surface area (Å²) in [5.74, 6) is -0.893. The molecule has 2 aromatic carbocycles. The lowest BCUT2D eigenvalue weighted by atomic mass is 9.62. The second-order valence-electron chi connectivity index (χ2n) is 10.6. The number of carboxylic acids is 1. The predicted octanol–water partition coefficient (Wildman–Crippen LogP) is 7.34. The maximum Gasteiger partial charge on any atom is 0.335 e. The molecule has 0 saturated heterocycles. The van der Waals surface area contributed by atoms with Gasteiger partial charge >= 0.3 is 5.97 Å². The highest BCUT2D eigenvalue weighted by molar-refractivity contribution is 5.88. The summed E-state index contributed by atoms with van der Waals surface area (Å²) in [6.45, 7) is 10.5. The van der Waals surface area contributed by atoms with Crippen LogP contribution in [0.2, 0.25) is 0 Å². The van der Waals surface area contributed by atoms with Gasteiger partial charge in [0.15, 0.2) is 0 Å². The third-order valence-corrected chi connectivity index (χ3v) is 7.25. The number of aromatic nitrogens is 1. The number of hydrogen-bond donors (Lipinski definition) is 1. The van der Waals surface area contributed by atoms with Crippen LogP contribution < -0.4 is 0 Å². The normalized spacial score (nSPS) is 16.6. The summed E-state index contributed by atoms with van der Waals surface area (Å²) < 4.78 is 2.24. The molecule has 0 radical (unpaired) electrons. The van der Waals surface area contributed by atoms with Gasteiger partial charge in [-0.1, -0.05) is 64.1 Å². The summed E-state index contributed by atoms with van der Waals surface area (Å²) in [5, 5.41) is 9.16. The predicted molar refractivity (Wildman–Crippen MR) is 137 cm³/mol. The van der Waals surface area contributed by atoms with E-state index < -0.39 is 5.97 Å². The lowest BCUT2D eigenvalue weighted by Crippen LogP contribution is -2.34. The van der Waals surface area contributed by atoms with Crippen molar-refractivity contribution in [2.45, 2.75) is 70.8 Å². The van der Waals surface area contributed by atoms with E-state index >= 15 is 0 Å². The van der Waals surface area contributed by atoms with Crippen LogP contribution in [0.4, 0.5) is 0 Å². The van der Waals surface area contributed by atoms with Gasteiger partial charge in [0, 0.05) is 18.9 Å². The molecular weight excluding hydrogens is 406 g/mol. The molecule has 33 heavy (non-hydrogen) atoms. The molecule has 1 aliphatic carbocycles. The number of aryl methyl sites for hydroxylation is 2. The van der Waals surface area contributed by atoms with Crippen LogP contribution in [-0.4, -0.2) is 15.6 Å². The lowest BCUT2D eigenvalue weighted by Gasteiger charge is -2.42. The van der Waals surface area contributed by atoms with Gasteiger partial charge in [-0.2, -0.15) is 0 Å². The first-order valence-electron chi connectivity index (χ1n) is 12.0. The second kappa shape index (κ2) is 9.05. The standard InChI is InChI=1S/C30H35NO2/c1-29(2)15-16-30(3,4)27-21-25(14-11-22-9-12-23(13-10-22)28(32)33)24(20-26(27)29)8-7-19-31-17-5-6-18-31/h5-6,9-14,17-18,20-21H,7-8,15-16,19H2,1-4H3,(H,32,33)/b14-11+. The van der Waals surface area contributed by atoms with Gasteiger partial charge in [-0.15, -0.1) is 0 Å². The molecule has 0 atom stereocenters. The Morgan fingerprint density at radius 1 is 0.939 bits per heavy atom. The Morgan fingerprint density at radius 3 is 2.15 bits per heavy atom. The number of benzene rings is 2. The minimum Gasteiger partial charge on any atom is -0.478 e. The van der Waals surface area contributed by atoms with Crippen LogP contribution in [-0.2, 0) is 23.8 Å². The number of carbonyl (C=O) groups is 1. The molecule has 1 aromatic heterocycles. The van der Waals surface area contributed by atoms with Crippen molar-refractivity contribution in [3.63, 3.8) is 0 Å². The first-order valence-corrected chi connectivity index (χ1v) is 12.0. The molecule has 4 rings (SSSR count). The fourth-order valence-corrected chi connectivity index (χ4v) is 4.94. The first kappa shape index (κ1) is 23.1. The third kappa shape index (κ3) is 5.13. The molecule has 3 heteroatoms. The molecular formula is C30H35NO2. The van der Waals surface area contributed by atoms with E-state index in [9.17, 15) is 4.79 Å². The highest BCUT2D eigenvalue weighted by atomic mass is 16.4. The van der Waals surface area contributed by atoms with Crippen molar-refractivity contribution in [2.75, 3.05) is 0 Å². The minimum atomic E-state index is -0.893. The maximum absolute atomic E-state index is 11.2. The van der Waals surface area contributed by atoms with E-state index in [1.807, 2.05) is 12.1 Å². The van der Waals surface area contributed by atoms with Gasteiger partial charge in [0.05, 0.1) is 5.56 Å². The Hall–Kier alpha value is -3.07. The molecule has 0 bridgehead atoms. The molecule has 3 nitrogen and oxygen atoms in total. The quantitative estimate of drug-likeness (QED) is 0.390. The van der Waals surface area contributed by atoms with E-state index in [0.717, 1.165) is 24.9 Å².